The van der Waals surface area contributed by atoms with E-state index >= 15 is 0 Å². The van der Waals surface area contributed by atoms with Crippen molar-refractivity contribution < 1.29 is 13.2 Å². The van der Waals surface area contributed by atoms with Crippen molar-refractivity contribution in [3.63, 3.8) is 0 Å². The van der Waals surface area contributed by atoms with Gasteiger partial charge in [0.15, 0.2) is 5.82 Å². The fourth-order valence-electron chi connectivity index (χ4n) is 3.28. The molecule has 1 fully saturated rings. The van der Waals surface area contributed by atoms with Crippen molar-refractivity contribution in [2.75, 3.05) is 36.8 Å². The highest BCUT2D eigenvalue weighted by Gasteiger charge is 2.40. The topological polar surface area (TPSA) is 67.1 Å². The number of nitrogens with two attached hydrogens (primary N) is 1. The van der Waals surface area contributed by atoms with Crippen LogP contribution in [-0.4, -0.2) is 42.1 Å². The number of nitrogen functional groups attached to an aromatic ring is 1. The maximum atomic E-state index is 14.7. The van der Waals surface area contributed by atoms with Gasteiger partial charge in [-0.2, -0.15) is 4.98 Å². The van der Waals surface area contributed by atoms with Crippen LogP contribution < -0.4 is 16.0 Å². The van der Waals surface area contributed by atoms with Gasteiger partial charge in [0.2, 0.25) is 5.95 Å². The minimum atomic E-state index is -2.91. The van der Waals surface area contributed by atoms with E-state index in [1.807, 2.05) is 4.90 Å². The molecule has 1 aliphatic carbocycles. The lowest BCUT2D eigenvalue weighted by molar-refractivity contribution is 0.0126. The van der Waals surface area contributed by atoms with Crippen LogP contribution >= 0.6 is 0 Å². The third-order valence-electron chi connectivity index (χ3n) is 4.43. The van der Waals surface area contributed by atoms with Crippen LogP contribution in [0.15, 0.2) is 6.07 Å². The molecular weight excluding hydrogens is 307 g/mol. The van der Waals surface area contributed by atoms with E-state index in [0.29, 0.717) is 30.0 Å². The van der Waals surface area contributed by atoms with Crippen LogP contribution in [0.5, 0.6) is 0 Å². The predicted molar refractivity (Wildman–Crippen MR) is 81.3 cm³/mol. The summed E-state index contributed by atoms with van der Waals surface area (Å²) in [5, 5.41) is 3.51. The zero-order chi connectivity index (χ0) is 16.2. The molecule has 2 aromatic rings. The molecule has 0 spiro atoms. The number of anilines is 2. The van der Waals surface area contributed by atoms with E-state index in [1.165, 1.54) is 6.07 Å². The normalized spacial score (nSPS) is 20.0. The molecule has 1 saturated heterocycles. The van der Waals surface area contributed by atoms with Crippen molar-refractivity contribution in [3.8, 4) is 0 Å². The van der Waals surface area contributed by atoms with Crippen LogP contribution in [0.2, 0.25) is 0 Å². The Balaban J connectivity index is 1.86. The Morgan fingerprint density at radius 3 is 2.65 bits per heavy atom. The molecule has 122 valence electrons. The number of alkyl halides is 2. The number of aromatic nitrogens is 2. The second kappa shape index (κ2) is 4.95. The summed E-state index contributed by atoms with van der Waals surface area (Å²) in [6.45, 7) is 2.94. The number of hydrogen-bond acceptors (Lipinski definition) is 5. The van der Waals surface area contributed by atoms with Gasteiger partial charge in [-0.3, -0.25) is 0 Å². The fourth-order valence-corrected chi connectivity index (χ4v) is 3.28. The van der Waals surface area contributed by atoms with Gasteiger partial charge in [-0.15, -0.1) is 0 Å². The van der Waals surface area contributed by atoms with Gasteiger partial charge in [0.25, 0.3) is 5.92 Å². The summed E-state index contributed by atoms with van der Waals surface area (Å²) in [5.74, 6) is -3.13. The molecule has 2 heterocycles. The molecule has 0 bridgehead atoms. The summed E-state index contributed by atoms with van der Waals surface area (Å²) >= 11 is 0. The smallest absolute Gasteiger partial charge is 0.256 e. The van der Waals surface area contributed by atoms with E-state index in [1.54, 1.807) is 0 Å². The van der Waals surface area contributed by atoms with Gasteiger partial charge < -0.3 is 16.0 Å². The Hall–Kier alpha value is -2.09. The van der Waals surface area contributed by atoms with Crippen molar-refractivity contribution in [1.82, 2.24) is 15.3 Å². The van der Waals surface area contributed by atoms with Crippen LogP contribution in [0.1, 0.15) is 11.1 Å². The Morgan fingerprint density at radius 1 is 1.17 bits per heavy atom. The molecule has 0 saturated carbocycles. The molecule has 0 unspecified atom stereocenters. The molecule has 23 heavy (non-hydrogen) atoms. The van der Waals surface area contributed by atoms with Gasteiger partial charge in [-0.05, 0) is 17.2 Å². The average Bonchev–Trinajstić information content (AvgIpc) is 2.84. The lowest BCUT2D eigenvalue weighted by Gasteiger charge is -2.27. The van der Waals surface area contributed by atoms with E-state index in [-0.39, 0.29) is 16.9 Å². The zero-order valence-corrected chi connectivity index (χ0v) is 12.4. The molecule has 2 aliphatic rings. The number of nitrogens with zero attached hydrogens (tertiary/aromatic N) is 3. The first kappa shape index (κ1) is 14.5. The molecule has 1 aromatic heterocycles. The predicted octanol–water partition coefficient (Wildman–Crippen LogP) is 1.49. The van der Waals surface area contributed by atoms with Crippen molar-refractivity contribution in [3.05, 3.63) is 23.0 Å². The van der Waals surface area contributed by atoms with Gasteiger partial charge in [-0.1, -0.05) is 0 Å². The maximum absolute atomic E-state index is 14.7. The minimum absolute atomic E-state index is 0.0301. The maximum Gasteiger partial charge on any atom is 0.256 e. The first-order chi connectivity index (χ1) is 10.9. The number of benzene rings is 1. The Labute approximate surface area is 130 Å². The number of halogens is 3. The van der Waals surface area contributed by atoms with E-state index in [2.05, 4.69) is 15.3 Å². The molecule has 3 N–H and O–H groups in total. The molecule has 8 heteroatoms. The minimum Gasteiger partial charge on any atom is -0.383 e. The highest BCUT2D eigenvalue weighted by molar-refractivity contribution is 5.91. The summed E-state index contributed by atoms with van der Waals surface area (Å²) in [6, 6.07) is 1.51. The van der Waals surface area contributed by atoms with E-state index in [9.17, 15) is 13.2 Å². The SMILES string of the molecule is Nc1nc(N2CCNCC2)nc2c(F)c3c(cc12)CC(F)(F)C3. The Kier molecular flexibility index (Phi) is 3.12. The van der Waals surface area contributed by atoms with E-state index in [4.69, 9.17) is 5.73 Å². The van der Waals surface area contributed by atoms with E-state index in [0.717, 1.165) is 13.1 Å². The van der Waals surface area contributed by atoms with Crippen molar-refractivity contribution in [1.29, 1.82) is 0 Å². The Morgan fingerprint density at radius 2 is 1.91 bits per heavy atom. The van der Waals surface area contributed by atoms with Crippen molar-refractivity contribution >= 4 is 22.7 Å². The average molecular weight is 323 g/mol. The molecule has 4 rings (SSSR count). The molecule has 1 aromatic carbocycles. The number of fused-ring (bicyclic) bond motifs is 2. The van der Waals surface area contributed by atoms with Gasteiger partial charge in [0.05, 0.1) is 0 Å². The quantitative estimate of drug-likeness (QED) is 0.832. The number of piperazine rings is 1. The summed E-state index contributed by atoms with van der Waals surface area (Å²) in [5.41, 5.74) is 6.32. The fraction of sp³-hybridized carbons (Fsp3) is 0.467. The first-order valence-electron chi connectivity index (χ1n) is 7.55. The number of hydrogen-bond donors (Lipinski definition) is 2. The van der Waals surface area contributed by atoms with Crippen molar-refractivity contribution in [2.24, 2.45) is 0 Å². The zero-order valence-electron chi connectivity index (χ0n) is 12.4. The van der Waals surface area contributed by atoms with Gasteiger partial charge >= 0.3 is 0 Å². The van der Waals surface area contributed by atoms with Gasteiger partial charge in [0, 0.05) is 44.4 Å². The third-order valence-corrected chi connectivity index (χ3v) is 4.43. The molecule has 0 amide bonds. The molecule has 5 nitrogen and oxygen atoms in total. The second-order valence-electron chi connectivity index (χ2n) is 6.08. The summed E-state index contributed by atoms with van der Waals surface area (Å²) in [6.07, 6.45) is -1.05. The monoisotopic (exact) mass is 323 g/mol. The van der Waals surface area contributed by atoms with Gasteiger partial charge in [-0.25, -0.2) is 18.2 Å². The molecule has 0 atom stereocenters. The summed E-state index contributed by atoms with van der Waals surface area (Å²) in [7, 11) is 0. The first-order valence-corrected chi connectivity index (χ1v) is 7.55. The van der Waals surface area contributed by atoms with Crippen LogP contribution in [0.4, 0.5) is 24.9 Å². The largest absolute Gasteiger partial charge is 0.383 e. The Bertz CT molecular complexity index is 787. The lowest BCUT2D eigenvalue weighted by Crippen LogP contribution is -2.44. The third kappa shape index (κ3) is 2.37. The second-order valence-corrected chi connectivity index (χ2v) is 6.08. The number of rotatable bonds is 1. The van der Waals surface area contributed by atoms with Crippen LogP contribution in [0.25, 0.3) is 10.9 Å². The highest BCUT2D eigenvalue weighted by atomic mass is 19.3. The van der Waals surface area contributed by atoms with Crippen molar-refractivity contribution in [2.45, 2.75) is 18.8 Å². The molecular formula is C15H16F3N5. The van der Waals surface area contributed by atoms with Crippen LogP contribution in [0.3, 0.4) is 0 Å². The van der Waals surface area contributed by atoms with Gasteiger partial charge in [0.1, 0.15) is 11.3 Å². The molecule has 1 aliphatic heterocycles. The molecule has 0 radical (unpaired) electrons. The van der Waals surface area contributed by atoms with E-state index < -0.39 is 24.6 Å². The van der Waals surface area contributed by atoms with Crippen LogP contribution in [-0.2, 0) is 12.8 Å². The van der Waals surface area contributed by atoms with Crippen LogP contribution in [0, 0.1) is 5.82 Å². The summed E-state index contributed by atoms with van der Waals surface area (Å²) < 4.78 is 41.9. The lowest BCUT2D eigenvalue weighted by atomic mass is 10.1. The number of nitrogens with one attached hydrogen (secondary N) is 1. The standard InChI is InChI=1S/C15H16F3N5/c16-11-10-7-15(17,18)6-8(10)5-9-12(11)21-14(22-13(9)19)23-3-1-20-2-4-23/h5,20H,1-4,6-7H2,(H2,19,21,22). The highest BCUT2D eigenvalue weighted by Crippen LogP contribution is 2.39. The summed E-state index contributed by atoms with van der Waals surface area (Å²) in [4.78, 5) is 10.4.